The third-order valence-electron chi connectivity index (χ3n) is 4.74. The molecule has 6 heteroatoms. The topological polar surface area (TPSA) is 32.7 Å². The van der Waals surface area contributed by atoms with Crippen molar-refractivity contribution >= 4 is 63.5 Å². The molecule has 0 bridgehead atoms. The number of rotatable bonds is 3. The average Bonchev–Trinajstić information content (AvgIpc) is 3.04. The predicted molar refractivity (Wildman–Crippen MR) is 129 cm³/mol. The number of aryl methyl sites for hydroxylation is 2. The molecule has 150 valence electrons. The quantitative estimate of drug-likeness (QED) is 0.387. The van der Waals surface area contributed by atoms with E-state index in [-0.39, 0.29) is 5.91 Å². The van der Waals surface area contributed by atoms with Crippen LogP contribution in [0.4, 0.5) is 11.4 Å². The second kappa shape index (κ2) is 8.68. The third kappa shape index (κ3) is 4.04. The minimum absolute atomic E-state index is 0.146. The molecule has 0 aliphatic carbocycles. The van der Waals surface area contributed by atoms with Gasteiger partial charge in [-0.25, -0.2) is 4.99 Å². The van der Waals surface area contributed by atoms with Crippen molar-refractivity contribution in [3.63, 3.8) is 0 Å². The zero-order valence-electron chi connectivity index (χ0n) is 16.4. The zero-order chi connectivity index (χ0) is 21.3. The third-order valence-corrected chi connectivity index (χ3v) is 6.54. The van der Waals surface area contributed by atoms with Crippen molar-refractivity contribution in [1.29, 1.82) is 0 Å². The van der Waals surface area contributed by atoms with E-state index in [0.29, 0.717) is 25.7 Å². The maximum atomic E-state index is 13.4. The van der Waals surface area contributed by atoms with Gasteiger partial charge in [0.1, 0.15) is 0 Å². The van der Waals surface area contributed by atoms with Crippen molar-refractivity contribution in [3.8, 4) is 0 Å². The Kier molecular flexibility index (Phi) is 6.00. The smallest absolute Gasteiger partial charge is 0.268 e. The van der Waals surface area contributed by atoms with Crippen LogP contribution >= 0.6 is 35.0 Å². The van der Waals surface area contributed by atoms with E-state index >= 15 is 0 Å². The van der Waals surface area contributed by atoms with Gasteiger partial charge in [-0.05, 0) is 66.6 Å². The Bertz CT molecular complexity index is 1170. The number of thioether (sulfide) groups is 1. The van der Waals surface area contributed by atoms with Gasteiger partial charge in [-0.1, -0.05) is 71.7 Å². The number of amidine groups is 1. The lowest BCUT2D eigenvalue weighted by Crippen LogP contribution is -2.28. The van der Waals surface area contributed by atoms with Crippen LogP contribution in [0.3, 0.4) is 0 Å². The Labute approximate surface area is 190 Å². The van der Waals surface area contributed by atoms with Gasteiger partial charge in [-0.2, -0.15) is 0 Å². The number of carbonyl (C=O) groups is 1. The molecule has 1 amide bonds. The van der Waals surface area contributed by atoms with Crippen LogP contribution in [0.5, 0.6) is 0 Å². The summed E-state index contributed by atoms with van der Waals surface area (Å²) in [4.78, 5) is 20.4. The summed E-state index contributed by atoms with van der Waals surface area (Å²) in [6.07, 6.45) is 1.77. The van der Waals surface area contributed by atoms with Gasteiger partial charge < -0.3 is 0 Å². The zero-order valence-corrected chi connectivity index (χ0v) is 18.7. The number of hydrogen-bond donors (Lipinski definition) is 0. The van der Waals surface area contributed by atoms with Crippen molar-refractivity contribution < 1.29 is 4.79 Å². The van der Waals surface area contributed by atoms with Gasteiger partial charge in [-0.3, -0.25) is 9.69 Å². The number of anilines is 1. The first-order chi connectivity index (χ1) is 14.5. The molecule has 3 aromatic rings. The van der Waals surface area contributed by atoms with Crippen LogP contribution in [-0.2, 0) is 4.79 Å². The summed E-state index contributed by atoms with van der Waals surface area (Å²) >= 11 is 13.8. The Morgan fingerprint density at radius 2 is 1.57 bits per heavy atom. The molecule has 0 N–H and O–H groups in total. The monoisotopic (exact) mass is 452 g/mol. The number of aliphatic imine (C=N–C) groups is 1. The molecule has 30 heavy (non-hydrogen) atoms. The van der Waals surface area contributed by atoms with Gasteiger partial charge >= 0.3 is 0 Å². The van der Waals surface area contributed by atoms with E-state index in [1.54, 1.807) is 17.0 Å². The van der Waals surface area contributed by atoms with Crippen molar-refractivity contribution in [2.24, 2.45) is 4.99 Å². The van der Waals surface area contributed by atoms with E-state index in [0.717, 1.165) is 22.5 Å². The van der Waals surface area contributed by atoms with E-state index < -0.39 is 0 Å². The molecule has 1 aliphatic heterocycles. The van der Waals surface area contributed by atoms with E-state index in [9.17, 15) is 4.79 Å². The van der Waals surface area contributed by atoms with Crippen LogP contribution < -0.4 is 4.90 Å². The highest BCUT2D eigenvalue weighted by molar-refractivity contribution is 8.19. The fourth-order valence-corrected chi connectivity index (χ4v) is 4.54. The van der Waals surface area contributed by atoms with Crippen LogP contribution in [-0.4, -0.2) is 11.1 Å². The first kappa shape index (κ1) is 20.7. The Balaban J connectivity index is 1.84. The maximum Gasteiger partial charge on any atom is 0.271 e. The Hall–Kier alpha value is -2.53. The van der Waals surface area contributed by atoms with Crippen molar-refractivity contribution in [1.82, 2.24) is 0 Å². The van der Waals surface area contributed by atoms with Gasteiger partial charge in [0.05, 0.1) is 26.3 Å². The molecule has 0 spiro atoms. The number of halogens is 2. The van der Waals surface area contributed by atoms with E-state index in [1.807, 2.05) is 74.5 Å². The highest BCUT2D eigenvalue weighted by Crippen LogP contribution is 2.39. The summed E-state index contributed by atoms with van der Waals surface area (Å²) in [6.45, 7) is 4.03. The van der Waals surface area contributed by atoms with E-state index in [4.69, 9.17) is 28.2 Å². The summed E-state index contributed by atoms with van der Waals surface area (Å²) in [5.74, 6) is -0.146. The van der Waals surface area contributed by atoms with Gasteiger partial charge in [0.15, 0.2) is 5.17 Å². The lowest BCUT2D eigenvalue weighted by Gasteiger charge is -2.16. The molecule has 1 saturated heterocycles. The molecule has 0 radical (unpaired) electrons. The Morgan fingerprint density at radius 1 is 0.900 bits per heavy atom. The summed E-state index contributed by atoms with van der Waals surface area (Å²) in [5, 5.41) is 1.48. The fraction of sp³-hybridized carbons (Fsp3) is 0.0833. The summed E-state index contributed by atoms with van der Waals surface area (Å²) < 4.78 is 0. The molecular formula is C24H18Cl2N2OS. The molecule has 3 nitrogen and oxygen atoms in total. The molecular weight excluding hydrogens is 435 g/mol. The molecule has 0 unspecified atom stereocenters. The lowest BCUT2D eigenvalue weighted by atomic mass is 10.1. The molecule has 3 aromatic carbocycles. The van der Waals surface area contributed by atoms with Crippen LogP contribution in [0.1, 0.15) is 16.7 Å². The second-order valence-corrected chi connectivity index (χ2v) is 8.66. The number of benzene rings is 3. The van der Waals surface area contributed by atoms with Gasteiger partial charge in [0, 0.05) is 0 Å². The molecule has 4 rings (SSSR count). The van der Waals surface area contributed by atoms with Crippen LogP contribution in [0.15, 0.2) is 76.6 Å². The maximum absolute atomic E-state index is 13.4. The normalized spacial score (nSPS) is 16.7. The number of amides is 1. The van der Waals surface area contributed by atoms with E-state index in [2.05, 4.69) is 0 Å². The number of nitrogens with zero attached hydrogens (tertiary/aromatic N) is 2. The van der Waals surface area contributed by atoms with Crippen molar-refractivity contribution in [2.45, 2.75) is 13.8 Å². The van der Waals surface area contributed by atoms with Gasteiger partial charge in [-0.15, -0.1) is 0 Å². The first-order valence-electron chi connectivity index (χ1n) is 9.33. The molecule has 1 aliphatic rings. The first-order valence-corrected chi connectivity index (χ1v) is 10.9. The predicted octanol–water partition coefficient (Wildman–Crippen LogP) is 7.42. The number of hydrogen-bond acceptors (Lipinski definition) is 3. The summed E-state index contributed by atoms with van der Waals surface area (Å²) in [7, 11) is 0. The molecule has 0 atom stereocenters. The summed E-state index contributed by atoms with van der Waals surface area (Å²) in [5.41, 5.74) is 4.44. The standard InChI is InChI=1S/C24H18Cl2N2OS/c1-15-8-6-9-16(2)22(15)27-24-28(18-11-4-3-5-12-18)23(29)20(30-24)14-17-10-7-13-19(25)21(17)26/h3-14H,1-2H3. The second-order valence-electron chi connectivity index (χ2n) is 6.86. The summed E-state index contributed by atoms with van der Waals surface area (Å²) in [6, 6.07) is 20.9. The van der Waals surface area contributed by atoms with Gasteiger partial charge in [0.2, 0.25) is 0 Å². The number of para-hydroxylation sites is 2. The van der Waals surface area contributed by atoms with Crippen molar-refractivity contribution in [2.75, 3.05) is 4.90 Å². The van der Waals surface area contributed by atoms with Crippen LogP contribution in [0.25, 0.3) is 6.08 Å². The van der Waals surface area contributed by atoms with E-state index in [1.165, 1.54) is 11.8 Å². The minimum Gasteiger partial charge on any atom is -0.268 e. The molecule has 1 fully saturated rings. The fourth-order valence-electron chi connectivity index (χ4n) is 3.20. The highest BCUT2D eigenvalue weighted by Gasteiger charge is 2.35. The Morgan fingerprint density at radius 3 is 2.27 bits per heavy atom. The van der Waals surface area contributed by atoms with Crippen LogP contribution in [0, 0.1) is 13.8 Å². The molecule has 1 heterocycles. The SMILES string of the molecule is Cc1cccc(C)c1N=C1SC(=Cc2cccc(Cl)c2Cl)C(=O)N1c1ccccc1. The minimum atomic E-state index is -0.146. The lowest BCUT2D eigenvalue weighted by molar-refractivity contribution is -0.113. The van der Waals surface area contributed by atoms with Crippen LogP contribution in [0.2, 0.25) is 10.0 Å². The molecule has 0 aromatic heterocycles. The number of carbonyl (C=O) groups excluding carboxylic acids is 1. The van der Waals surface area contributed by atoms with Gasteiger partial charge in [0.25, 0.3) is 5.91 Å². The molecule has 0 saturated carbocycles. The highest BCUT2D eigenvalue weighted by atomic mass is 35.5. The average molecular weight is 453 g/mol. The van der Waals surface area contributed by atoms with Crippen molar-refractivity contribution in [3.05, 3.63) is 98.4 Å². The largest absolute Gasteiger partial charge is 0.271 e.